The Bertz CT molecular complexity index is 872. The third-order valence-corrected chi connectivity index (χ3v) is 5.12. The molecule has 1 aliphatic heterocycles. The van der Waals surface area contributed by atoms with Gasteiger partial charge in [-0.25, -0.2) is 0 Å². The van der Waals surface area contributed by atoms with Crippen LogP contribution in [0.4, 0.5) is 0 Å². The van der Waals surface area contributed by atoms with Crippen molar-refractivity contribution in [3.8, 4) is 0 Å². The number of aromatic nitrogens is 1. The smallest absolute Gasteiger partial charge is 0.254 e. The zero-order valence-corrected chi connectivity index (χ0v) is 14.1. The molecule has 2 atom stereocenters. The quantitative estimate of drug-likeness (QED) is 0.760. The molecule has 0 spiro atoms. The van der Waals surface area contributed by atoms with E-state index in [1.165, 1.54) is 0 Å². The summed E-state index contributed by atoms with van der Waals surface area (Å²) in [5.41, 5.74) is 2.66. The maximum Gasteiger partial charge on any atom is 0.254 e. The van der Waals surface area contributed by atoms with Gasteiger partial charge in [0.2, 0.25) is 0 Å². The Morgan fingerprint density at radius 2 is 2.04 bits per heavy atom. The van der Waals surface area contributed by atoms with E-state index in [-0.39, 0.29) is 11.9 Å². The number of aliphatic hydroxyl groups is 1. The molecule has 2 heterocycles. The second-order valence-corrected chi connectivity index (χ2v) is 6.74. The van der Waals surface area contributed by atoms with Gasteiger partial charge in [-0.2, -0.15) is 0 Å². The zero-order valence-electron chi connectivity index (χ0n) is 14.1. The highest BCUT2D eigenvalue weighted by Gasteiger charge is 2.31. The molecule has 128 valence electrons. The Kier molecular flexibility index (Phi) is 4.28. The number of carbonyl (C=O) groups is 1. The molecule has 4 nitrogen and oxygen atoms in total. The molecule has 0 radical (unpaired) electrons. The van der Waals surface area contributed by atoms with E-state index < -0.39 is 6.10 Å². The van der Waals surface area contributed by atoms with Crippen LogP contribution in [-0.2, 0) is 0 Å². The molecule has 1 fully saturated rings. The highest BCUT2D eigenvalue weighted by molar-refractivity contribution is 5.98. The highest BCUT2D eigenvalue weighted by atomic mass is 16.3. The zero-order chi connectivity index (χ0) is 17.2. The number of amides is 1. The summed E-state index contributed by atoms with van der Waals surface area (Å²) < 4.78 is 0. The van der Waals surface area contributed by atoms with E-state index in [1.54, 1.807) is 0 Å². The van der Waals surface area contributed by atoms with E-state index in [0.29, 0.717) is 12.0 Å². The molecule has 1 amide bonds. The fourth-order valence-electron chi connectivity index (χ4n) is 3.77. The van der Waals surface area contributed by atoms with Crippen LogP contribution in [0.25, 0.3) is 10.9 Å². The summed E-state index contributed by atoms with van der Waals surface area (Å²) in [4.78, 5) is 18.1. The second-order valence-electron chi connectivity index (χ2n) is 6.74. The molecule has 2 N–H and O–H groups in total. The van der Waals surface area contributed by atoms with E-state index >= 15 is 0 Å². The van der Waals surface area contributed by atoms with E-state index in [9.17, 15) is 9.90 Å². The molecule has 2 aromatic carbocycles. The van der Waals surface area contributed by atoms with Crippen molar-refractivity contribution in [2.24, 2.45) is 0 Å². The summed E-state index contributed by atoms with van der Waals surface area (Å²) in [6.07, 6.45) is 3.87. The van der Waals surface area contributed by atoms with Gasteiger partial charge in [0, 0.05) is 35.2 Å². The van der Waals surface area contributed by atoms with Gasteiger partial charge in [-0.05, 0) is 49.1 Å². The van der Waals surface area contributed by atoms with Crippen molar-refractivity contribution in [3.05, 3.63) is 71.9 Å². The highest BCUT2D eigenvalue weighted by Crippen LogP contribution is 2.29. The van der Waals surface area contributed by atoms with Gasteiger partial charge in [-0.3, -0.25) is 4.79 Å². The number of benzene rings is 2. The number of aliphatic hydroxyl groups excluding tert-OH is 1. The average molecular weight is 334 g/mol. The Morgan fingerprint density at radius 3 is 2.88 bits per heavy atom. The Morgan fingerprint density at radius 1 is 1.20 bits per heavy atom. The predicted octanol–water partition coefficient (Wildman–Crippen LogP) is 3.90. The number of nitrogens with zero attached hydrogens (tertiary/aromatic N) is 1. The summed E-state index contributed by atoms with van der Waals surface area (Å²) in [7, 11) is 0. The molecule has 4 rings (SSSR count). The summed E-state index contributed by atoms with van der Waals surface area (Å²) in [5.74, 6) is 0.0610. The van der Waals surface area contributed by atoms with Crippen LogP contribution in [0.15, 0.2) is 60.8 Å². The van der Waals surface area contributed by atoms with E-state index in [2.05, 4.69) is 4.98 Å². The largest absolute Gasteiger partial charge is 0.388 e. The maximum atomic E-state index is 13.0. The van der Waals surface area contributed by atoms with Crippen LogP contribution in [0.5, 0.6) is 0 Å². The van der Waals surface area contributed by atoms with E-state index in [1.807, 2.05) is 65.7 Å². The molecule has 0 aliphatic carbocycles. The monoisotopic (exact) mass is 334 g/mol. The lowest BCUT2D eigenvalue weighted by Crippen LogP contribution is -2.36. The molecular formula is C21H22N2O2. The number of carbonyl (C=O) groups excluding carboxylic acids is 1. The number of H-pyrrole nitrogens is 1. The molecule has 0 saturated carbocycles. The Hall–Kier alpha value is -2.59. The van der Waals surface area contributed by atoms with Crippen molar-refractivity contribution in [2.75, 3.05) is 6.54 Å². The Labute approximate surface area is 147 Å². The van der Waals surface area contributed by atoms with Gasteiger partial charge >= 0.3 is 0 Å². The fraction of sp³-hybridized carbons (Fsp3) is 0.286. The summed E-state index contributed by atoms with van der Waals surface area (Å²) in [5, 5.41) is 11.6. The first-order valence-electron chi connectivity index (χ1n) is 8.83. The van der Waals surface area contributed by atoms with Gasteiger partial charge in [0.05, 0.1) is 6.10 Å². The summed E-state index contributed by atoms with van der Waals surface area (Å²) >= 11 is 0. The van der Waals surface area contributed by atoms with Gasteiger partial charge in [-0.1, -0.05) is 30.3 Å². The first-order chi connectivity index (χ1) is 12.2. The molecule has 25 heavy (non-hydrogen) atoms. The summed E-state index contributed by atoms with van der Waals surface area (Å²) in [6, 6.07) is 17.5. The number of nitrogens with one attached hydrogen (secondary N) is 1. The van der Waals surface area contributed by atoms with Gasteiger partial charge in [0.15, 0.2) is 0 Å². The van der Waals surface area contributed by atoms with Crippen molar-refractivity contribution in [1.29, 1.82) is 0 Å². The average Bonchev–Trinajstić information content (AvgIpc) is 3.30. The molecule has 1 saturated heterocycles. The minimum Gasteiger partial charge on any atom is -0.388 e. The molecule has 1 aromatic heterocycles. The maximum absolute atomic E-state index is 13.0. The summed E-state index contributed by atoms with van der Waals surface area (Å²) in [6.45, 7) is 0.760. The van der Waals surface area contributed by atoms with Crippen LogP contribution in [-0.4, -0.2) is 33.5 Å². The number of aromatic amines is 1. The SMILES string of the molecule is O=C(c1ccc2[nH]ccc2c1)N1CCC[C@H]1C[C@H](O)c1ccccc1. The lowest BCUT2D eigenvalue weighted by atomic mass is 10.00. The van der Waals surface area contributed by atoms with Crippen molar-refractivity contribution in [1.82, 2.24) is 9.88 Å². The lowest BCUT2D eigenvalue weighted by molar-refractivity contribution is 0.0667. The van der Waals surface area contributed by atoms with Crippen LogP contribution < -0.4 is 0 Å². The standard InChI is InChI=1S/C21H22N2O2/c24-20(15-5-2-1-3-6-15)14-18-7-4-12-23(18)21(25)17-8-9-19-16(13-17)10-11-22-19/h1-3,5-6,8-11,13,18,20,22,24H,4,7,12,14H2/t18-,20-/m0/s1. The molecule has 4 heteroatoms. The second kappa shape index (κ2) is 6.73. The fourth-order valence-corrected chi connectivity index (χ4v) is 3.77. The van der Waals surface area contributed by atoms with E-state index in [4.69, 9.17) is 0 Å². The van der Waals surface area contributed by atoms with Gasteiger partial charge in [0.1, 0.15) is 0 Å². The predicted molar refractivity (Wildman–Crippen MR) is 98.4 cm³/mol. The lowest BCUT2D eigenvalue weighted by Gasteiger charge is -2.27. The number of hydrogen-bond acceptors (Lipinski definition) is 2. The van der Waals surface area contributed by atoms with Crippen molar-refractivity contribution in [3.63, 3.8) is 0 Å². The van der Waals surface area contributed by atoms with Crippen LogP contribution in [0.2, 0.25) is 0 Å². The third kappa shape index (κ3) is 3.17. The number of rotatable bonds is 4. The number of likely N-dealkylation sites (tertiary alicyclic amines) is 1. The molecule has 0 unspecified atom stereocenters. The van der Waals surface area contributed by atoms with E-state index in [0.717, 1.165) is 35.9 Å². The van der Waals surface area contributed by atoms with Crippen molar-refractivity contribution < 1.29 is 9.90 Å². The molecule has 3 aromatic rings. The van der Waals surface area contributed by atoms with Crippen molar-refractivity contribution >= 4 is 16.8 Å². The number of fused-ring (bicyclic) bond motifs is 1. The number of hydrogen-bond donors (Lipinski definition) is 2. The van der Waals surface area contributed by atoms with Crippen LogP contribution in [0.1, 0.15) is 41.3 Å². The van der Waals surface area contributed by atoms with Crippen LogP contribution in [0.3, 0.4) is 0 Å². The third-order valence-electron chi connectivity index (χ3n) is 5.12. The topological polar surface area (TPSA) is 56.3 Å². The minimum absolute atomic E-state index is 0.0610. The molecular weight excluding hydrogens is 312 g/mol. The molecule has 0 bridgehead atoms. The normalized spacial score (nSPS) is 18.6. The molecule has 1 aliphatic rings. The van der Waals surface area contributed by atoms with Gasteiger partial charge in [0.25, 0.3) is 5.91 Å². The van der Waals surface area contributed by atoms with Gasteiger partial charge < -0.3 is 15.0 Å². The van der Waals surface area contributed by atoms with Gasteiger partial charge in [-0.15, -0.1) is 0 Å². The van der Waals surface area contributed by atoms with Crippen LogP contribution in [0, 0.1) is 0 Å². The minimum atomic E-state index is -0.535. The first-order valence-corrected chi connectivity index (χ1v) is 8.83. The van der Waals surface area contributed by atoms with Crippen LogP contribution >= 0.6 is 0 Å². The van der Waals surface area contributed by atoms with Crippen molar-refractivity contribution in [2.45, 2.75) is 31.4 Å². The first kappa shape index (κ1) is 15.9. The Balaban J connectivity index is 1.51.